The molecule has 2 aromatic carbocycles. The standard InChI is InChI=1S/C25H22N10O/c1-16-10-11-26-22(12-16)32-24-14-23(28-17(2)29-24)30-19-6-8-20(9-7-19)31-25(36)18-4-3-5-21(13-18)35-15-27-33-34-35/h3-15H,1-2H3,(H,31,36)(H2,26,28,29,30,32). The van der Waals surface area contributed by atoms with Crippen LogP contribution in [0.1, 0.15) is 21.7 Å². The number of nitrogens with zero attached hydrogens (tertiary/aromatic N) is 7. The van der Waals surface area contributed by atoms with Gasteiger partial charge in [0.05, 0.1) is 5.69 Å². The van der Waals surface area contributed by atoms with E-state index in [4.69, 9.17) is 0 Å². The molecule has 5 aromatic rings. The molecule has 0 unspecified atom stereocenters. The summed E-state index contributed by atoms with van der Waals surface area (Å²) in [4.78, 5) is 26.0. The number of carbonyl (C=O) groups excluding carboxylic acids is 1. The van der Waals surface area contributed by atoms with Gasteiger partial charge in [-0.1, -0.05) is 6.07 Å². The van der Waals surface area contributed by atoms with Crippen molar-refractivity contribution in [3.8, 4) is 5.69 Å². The van der Waals surface area contributed by atoms with Gasteiger partial charge in [0.2, 0.25) is 0 Å². The second kappa shape index (κ2) is 9.97. The van der Waals surface area contributed by atoms with Crippen molar-refractivity contribution < 1.29 is 4.79 Å². The highest BCUT2D eigenvalue weighted by atomic mass is 16.1. The molecule has 0 aliphatic heterocycles. The Morgan fingerprint density at radius 3 is 2.36 bits per heavy atom. The number of rotatable bonds is 7. The fourth-order valence-corrected chi connectivity index (χ4v) is 3.49. The number of pyridine rings is 1. The number of aromatic nitrogens is 7. The Morgan fingerprint density at radius 1 is 0.833 bits per heavy atom. The second-order valence-corrected chi connectivity index (χ2v) is 7.99. The van der Waals surface area contributed by atoms with Crippen LogP contribution in [-0.2, 0) is 0 Å². The molecule has 0 atom stereocenters. The van der Waals surface area contributed by atoms with Gasteiger partial charge in [0.15, 0.2) is 0 Å². The van der Waals surface area contributed by atoms with Crippen LogP contribution in [0.15, 0.2) is 79.3 Å². The summed E-state index contributed by atoms with van der Waals surface area (Å²) in [5.41, 5.74) is 3.75. The Morgan fingerprint density at radius 2 is 1.61 bits per heavy atom. The summed E-state index contributed by atoms with van der Waals surface area (Å²) in [6.45, 7) is 3.83. The number of nitrogens with one attached hydrogen (secondary N) is 3. The average molecular weight is 479 g/mol. The van der Waals surface area contributed by atoms with E-state index in [0.717, 1.165) is 11.3 Å². The van der Waals surface area contributed by atoms with Gasteiger partial charge < -0.3 is 16.0 Å². The number of hydrogen-bond acceptors (Lipinski definition) is 9. The molecule has 0 bridgehead atoms. The largest absolute Gasteiger partial charge is 0.340 e. The summed E-state index contributed by atoms with van der Waals surface area (Å²) in [6.07, 6.45) is 3.22. The summed E-state index contributed by atoms with van der Waals surface area (Å²) in [6, 6.07) is 20.1. The molecular formula is C25H22N10O. The molecule has 0 aliphatic rings. The summed E-state index contributed by atoms with van der Waals surface area (Å²) >= 11 is 0. The van der Waals surface area contributed by atoms with Gasteiger partial charge in [-0.15, -0.1) is 5.10 Å². The zero-order valence-corrected chi connectivity index (χ0v) is 19.5. The smallest absolute Gasteiger partial charge is 0.255 e. The predicted octanol–water partition coefficient (Wildman–Crippen LogP) is 4.20. The van der Waals surface area contributed by atoms with Gasteiger partial charge >= 0.3 is 0 Å². The third-order valence-corrected chi connectivity index (χ3v) is 5.15. The molecule has 3 heterocycles. The predicted molar refractivity (Wildman–Crippen MR) is 136 cm³/mol. The molecule has 0 fully saturated rings. The van der Waals surface area contributed by atoms with Crippen LogP contribution in [0.2, 0.25) is 0 Å². The fraction of sp³-hybridized carbons (Fsp3) is 0.0800. The fourth-order valence-electron chi connectivity index (χ4n) is 3.49. The minimum atomic E-state index is -0.238. The molecule has 1 amide bonds. The third-order valence-electron chi connectivity index (χ3n) is 5.15. The number of amides is 1. The van der Waals surface area contributed by atoms with E-state index in [0.29, 0.717) is 40.2 Å². The van der Waals surface area contributed by atoms with Crippen LogP contribution in [0.3, 0.4) is 0 Å². The van der Waals surface area contributed by atoms with Crippen LogP contribution in [0.4, 0.5) is 28.8 Å². The van der Waals surface area contributed by atoms with Crippen molar-refractivity contribution in [2.24, 2.45) is 0 Å². The first-order valence-electron chi connectivity index (χ1n) is 11.1. The van der Waals surface area contributed by atoms with Crippen molar-refractivity contribution in [2.75, 3.05) is 16.0 Å². The van der Waals surface area contributed by atoms with Crippen LogP contribution in [0, 0.1) is 13.8 Å². The van der Waals surface area contributed by atoms with E-state index in [-0.39, 0.29) is 5.91 Å². The van der Waals surface area contributed by atoms with Gasteiger partial charge in [-0.25, -0.2) is 19.6 Å². The lowest BCUT2D eigenvalue weighted by Crippen LogP contribution is -2.12. The second-order valence-electron chi connectivity index (χ2n) is 7.99. The molecule has 0 saturated carbocycles. The number of aryl methyl sites for hydroxylation is 2. The highest BCUT2D eigenvalue weighted by Gasteiger charge is 2.09. The van der Waals surface area contributed by atoms with Crippen molar-refractivity contribution >= 4 is 34.7 Å². The van der Waals surface area contributed by atoms with E-state index in [9.17, 15) is 4.79 Å². The molecule has 5 rings (SSSR count). The summed E-state index contributed by atoms with van der Waals surface area (Å²) in [5, 5.41) is 20.5. The van der Waals surface area contributed by atoms with Crippen LogP contribution in [0.5, 0.6) is 0 Å². The molecule has 36 heavy (non-hydrogen) atoms. The van der Waals surface area contributed by atoms with Crippen LogP contribution in [0.25, 0.3) is 5.69 Å². The summed E-state index contributed by atoms with van der Waals surface area (Å²) in [5.74, 6) is 2.35. The minimum absolute atomic E-state index is 0.238. The maximum Gasteiger partial charge on any atom is 0.255 e. The van der Waals surface area contributed by atoms with E-state index in [1.165, 1.54) is 11.0 Å². The first-order chi connectivity index (χ1) is 17.5. The quantitative estimate of drug-likeness (QED) is 0.314. The molecular weight excluding hydrogens is 456 g/mol. The van der Waals surface area contributed by atoms with Crippen molar-refractivity contribution in [1.29, 1.82) is 0 Å². The van der Waals surface area contributed by atoms with Gasteiger partial charge in [-0.2, -0.15) is 0 Å². The van der Waals surface area contributed by atoms with Crippen LogP contribution in [-0.4, -0.2) is 41.1 Å². The van der Waals surface area contributed by atoms with Crippen molar-refractivity contribution in [2.45, 2.75) is 13.8 Å². The number of hydrogen-bond donors (Lipinski definition) is 3. The lowest BCUT2D eigenvalue weighted by atomic mass is 10.2. The van der Waals surface area contributed by atoms with Gasteiger partial charge in [-0.05, 0) is 84.4 Å². The Kier molecular flexibility index (Phi) is 6.26. The molecule has 3 N–H and O–H groups in total. The summed E-state index contributed by atoms with van der Waals surface area (Å²) < 4.78 is 1.49. The Balaban J connectivity index is 1.25. The maximum atomic E-state index is 12.7. The van der Waals surface area contributed by atoms with E-state index < -0.39 is 0 Å². The van der Waals surface area contributed by atoms with Crippen molar-refractivity contribution in [1.82, 2.24) is 35.2 Å². The Hall–Kier alpha value is -5.19. The molecule has 0 radical (unpaired) electrons. The van der Waals surface area contributed by atoms with Crippen molar-refractivity contribution in [3.63, 3.8) is 0 Å². The zero-order chi connectivity index (χ0) is 24.9. The number of anilines is 5. The number of carbonyl (C=O) groups is 1. The number of tetrazole rings is 1. The van der Waals surface area contributed by atoms with Gasteiger partial charge in [0.1, 0.15) is 29.6 Å². The third kappa shape index (κ3) is 5.47. The normalized spacial score (nSPS) is 10.6. The highest BCUT2D eigenvalue weighted by Crippen LogP contribution is 2.22. The molecule has 178 valence electrons. The van der Waals surface area contributed by atoms with E-state index >= 15 is 0 Å². The van der Waals surface area contributed by atoms with Gasteiger partial charge in [-0.3, -0.25) is 4.79 Å². The lowest BCUT2D eigenvalue weighted by Gasteiger charge is -2.11. The molecule has 11 nitrogen and oxygen atoms in total. The monoisotopic (exact) mass is 478 g/mol. The maximum absolute atomic E-state index is 12.7. The van der Waals surface area contributed by atoms with E-state index in [1.54, 1.807) is 24.4 Å². The Labute approximate surface area is 206 Å². The Bertz CT molecular complexity index is 1500. The van der Waals surface area contributed by atoms with Crippen LogP contribution >= 0.6 is 0 Å². The van der Waals surface area contributed by atoms with Crippen molar-refractivity contribution in [3.05, 3.63) is 96.2 Å². The molecule has 0 aliphatic carbocycles. The van der Waals surface area contributed by atoms with E-state index in [1.807, 2.05) is 62.4 Å². The number of benzene rings is 2. The van der Waals surface area contributed by atoms with Gasteiger partial charge in [0, 0.05) is 29.2 Å². The molecule has 11 heteroatoms. The topological polar surface area (TPSA) is 135 Å². The molecule has 0 spiro atoms. The minimum Gasteiger partial charge on any atom is -0.340 e. The molecule has 3 aromatic heterocycles. The first-order valence-corrected chi connectivity index (χ1v) is 11.1. The highest BCUT2D eigenvalue weighted by molar-refractivity contribution is 6.04. The summed E-state index contributed by atoms with van der Waals surface area (Å²) in [7, 11) is 0. The lowest BCUT2D eigenvalue weighted by molar-refractivity contribution is 0.102. The average Bonchev–Trinajstić information content (AvgIpc) is 3.40. The van der Waals surface area contributed by atoms with E-state index in [2.05, 4.69) is 46.4 Å². The van der Waals surface area contributed by atoms with Gasteiger partial charge in [0.25, 0.3) is 5.91 Å². The molecule has 0 saturated heterocycles. The first kappa shape index (κ1) is 22.6. The van der Waals surface area contributed by atoms with Crippen LogP contribution < -0.4 is 16.0 Å². The SMILES string of the molecule is Cc1ccnc(Nc2cc(Nc3ccc(NC(=O)c4cccc(-n5cnnn5)c4)cc3)nc(C)n2)c1. The zero-order valence-electron chi connectivity index (χ0n) is 19.5.